The van der Waals surface area contributed by atoms with E-state index in [1.165, 1.54) is 76.7 Å². The van der Waals surface area contributed by atoms with E-state index >= 15 is 0 Å². The fourth-order valence-corrected chi connectivity index (χ4v) is 9.57. The molecule has 64 heavy (non-hydrogen) atoms. The average molecular weight is 815 g/mol. The highest BCUT2D eigenvalue weighted by Gasteiger charge is 2.19. The Hall–Kier alpha value is -8.46. The fraction of sp³-hybridized carbons (Fsp3) is 0. The lowest BCUT2D eigenvalue weighted by atomic mass is 9.96. The number of fused-ring (bicyclic) bond motifs is 5. The Bertz CT molecular complexity index is 3630. The SMILES string of the molecule is c1ccc(-c2ccc(N(c3ccc(-c4cc(-c5ccccc5)cc(-n5c6ccccc6c6cc7ccccc7cc65)c4)cc3)c3cc(-c4ccccc4)cc4ccccc34)cc2)cc1. The number of rotatable bonds is 8. The number of aromatic nitrogens is 1. The van der Waals surface area contributed by atoms with E-state index in [0.717, 1.165) is 33.9 Å². The molecule has 12 aromatic rings. The summed E-state index contributed by atoms with van der Waals surface area (Å²) in [6.07, 6.45) is 0. The molecule has 1 heterocycles. The first-order chi connectivity index (χ1) is 31.7. The monoisotopic (exact) mass is 814 g/mol. The van der Waals surface area contributed by atoms with Crippen molar-refractivity contribution in [3.8, 4) is 50.2 Å². The molecule has 0 saturated carbocycles. The zero-order valence-corrected chi connectivity index (χ0v) is 35.1. The number of hydrogen-bond donors (Lipinski definition) is 0. The van der Waals surface area contributed by atoms with Crippen LogP contribution in [0.3, 0.4) is 0 Å². The number of benzene rings is 11. The summed E-state index contributed by atoms with van der Waals surface area (Å²) in [5.74, 6) is 0. The molecule has 1 aromatic heterocycles. The van der Waals surface area contributed by atoms with Crippen LogP contribution in [0.2, 0.25) is 0 Å². The molecule has 0 amide bonds. The summed E-state index contributed by atoms with van der Waals surface area (Å²) >= 11 is 0. The molecule has 0 fully saturated rings. The van der Waals surface area contributed by atoms with E-state index in [1.807, 2.05) is 0 Å². The molecule has 0 N–H and O–H groups in total. The van der Waals surface area contributed by atoms with E-state index in [2.05, 4.69) is 264 Å². The molecule has 0 spiro atoms. The average Bonchev–Trinajstić information content (AvgIpc) is 3.69. The lowest BCUT2D eigenvalue weighted by Crippen LogP contribution is -2.10. The van der Waals surface area contributed by atoms with Gasteiger partial charge in [0.15, 0.2) is 0 Å². The standard InChI is InChI=1S/C62H42N2/c1-4-16-43(17-5-1)46-28-32-54(33-29-46)63(61-42-53(45-20-8-3-9-21-45)36-50-24-12-13-25-57(50)61)55-34-30-47(31-35-55)52-37-51(44-18-6-2-7-19-44)38-56(39-52)64-60-27-15-14-26-58(60)59-40-48-22-10-11-23-49(48)41-62(59)64/h1-42H. The van der Waals surface area contributed by atoms with Gasteiger partial charge in [-0.1, -0.05) is 182 Å². The highest BCUT2D eigenvalue weighted by atomic mass is 15.1. The third kappa shape index (κ3) is 6.70. The molecule has 0 saturated heterocycles. The van der Waals surface area contributed by atoms with Gasteiger partial charge < -0.3 is 9.47 Å². The van der Waals surface area contributed by atoms with Crippen molar-refractivity contribution in [2.24, 2.45) is 0 Å². The summed E-state index contributed by atoms with van der Waals surface area (Å²) in [4.78, 5) is 2.42. The molecule has 0 bridgehead atoms. The van der Waals surface area contributed by atoms with Crippen molar-refractivity contribution in [1.82, 2.24) is 4.57 Å². The van der Waals surface area contributed by atoms with Crippen molar-refractivity contribution in [3.63, 3.8) is 0 Å². The summed E-state index contributed by atoms with van der Waals surface area (Å²) in [6.45, 7) is 0. The molecule has 0 atom stereocenters. The third-order valence-electron chi connectivity index (χ3n) is 12.7. The summed E-state index contributed by atoms with van der Waals surface area (Å²) in [6, 6.07) is 92.8. The Morgan fingerprint density at radius 1 is 0.250 bits per heavy atom. The largest absolute Gasteiger partial charge is 0.310 e. The number of anilines is 3. The van der Waals surface area contributed by atoms with Gasteiger partial charge in [-0.25, -0.2) is 0 Å². The first-order valence-corrected chi connectivity index (χ1v) is 22.0. The van der Waals surface area contributed by atoms with Crippen LogP contribution in [-0.4, -0.2) is 4.57 Å². The van der Waals surface area contributed by atoms with Crippen molar-refractivity contribution in [1.29, 1.82) is 0 Å². The van der Waals surface area contributed by atoms with Crippen LogP contribution < -0.4 is 4.90 Å². The fourth-order valence-electron chi connectivity index (χ4n) is 9.57. The van der Waals surface area contributed by atoms with Crippen LogP contribution in [-0.2, 0) is 0 Å². The molecular formula is C62H42N2. The Morgan fingerprint density at radius 3 is 1.28 bits per heavy atom. The molecule has 2 nitrogen and oxygen atoms in total. The maximum Gasteiger partial charge on any atom is 0.0547 e. The van der Waals surface area contributed by atoms with Crippen molar-refractivity contribution in [2.45, 2.75) is 0 Å². The number of nitrogens with zero attached hydrogens (tertiary/aromatic N) is 2. The third-order valence-corrected chi connectivity index (χ3v) is 12.7. The summed E-state index contributed by atoms with van der Waals surface area (Å²) in [5, 5.41) is 7.38. The van der Waals surface area contributed by atoms with Crippen LogP contribution in [0.15, 0.2) is 255 Å². The predicted octanol–water partition coefficient (Wildman–Crippen LogP) is 17.2. The van der Waals surface area contributed by atoms with Gasteiger partial charge in [0.2, 0.25) is 0 Å². The smallest absolute Gasteiger partial charge is 0.0547 e. The number of para-hydroxylation sites is 1. The Labute approximate surface area is 373 Å². The van der Waals surface area contributed by atoms with Gasteiger partial charge in [-0.15, -0.1) is 0 Å². The zero-order valence-electron chi connectivity index (χ0n) is 35.1. The Balaban J connectivity index is 1.03. The van der Waals surface area contributed by atoms with Crippen molar-refractivity contribution in [2.75, 3.05) is 4.90 Å². The van der Waals surface area contributed by atoms with E-state index < -0.39 is 0 Å². The van der Waals surface area contributed by atoms with Gasteiger partial charge in [0, 0.05) is 33.2 Å². The molecule has 300 valence electrons. The second-order valence-electron chi connectivity index (χ2n) is 16.6. The highest BCUT2D eigenvalue weighted by molar-refractivity contribution is 6.13. The second kappa shape index (κ2) is 15.8. The van der Waals surface area contributed by atoms with Crippen LogP contribution in [0.25, 0.3) is 93.5 Å². The van der Waals surface area contributed by atoms with E-state index in [9.17, 15) is 0 Å². The first-order valence-electron chi connectivity index (χ1n) is 22.0. The van der Waals surface area contributed by atoms with Gasteiger partial charge >= 0.3 is 0 Å². The van der Waals surface area contributed by atoms with E-state index in [-0.39, 0.29) is 0 Å². The molecule has 12 rings (SSSR count). The molecule has 0 aliphatic heterocycles. The van der Waals surface area contributed by atoms with Crippen LogP contribution in [0, 0.1) is 0 Å². The van der Waals surface area contributed by atoms with Crippen LogP contribution in [0.5, 0.6) is 0 Å². The first kappa shape index (κ1) is 37.3. The van der Waals surface area contributed by atoms with Gasteiger partial charge in [-0.3, -0.25) is 0 Å². The van der Waals surface area contributed by atoms with E-state index in [1.54, 1.807) is 0 Å². The zero-order chi connectivity index (χ0) is 42.4. The van der Waals surface area contributed by atoms with E-state index in [4.69, 9.17) is 0 Å². The van der Waals surface area contributed by atoms with Crippen molar-refractivity contribution < 1.29 is 0 Å². The number of hydrogen-bond acceptors (Lipinski definition) is 1. The van der Waals surface area contributed by atoms with Crippen LogP contribution in [0.4, 0.5) is 17.1 Å². The van der Waals surface area contributed by atoms with Gasteiger partial charge in [0.05, 0.1) is 16.7 Å². The van der Waals surface area contributed by atoms with Crippen LogP contribution >= 0.6 is 0 Å². The predicted molar refractivity (Wildman–Crippen MR) is 272 cm³/mol. The minimum Gasteiger partial charge on any atom is -0.310 e. The summed E-state index contributed by atoms with van der Waals surface area (Å²) < 4.78 is 2.45. The lowest BCUT2D eigenvalue weighted by Gasteiger charge is -2.28. The molecule has 2 heteroatoms. The minimum absolute atomic E-state index is 1.08. The maximum atomic E-state index is 2.45. The Kier molecular flexibility index (Phi) is 9.20. The summed E-state index contributed by atoms with van der Waals surface area (Å²) in [5.41, 5.74) is 16.3. The Morgan fingerprint density at radius 2 is 0.688 bits per heavy atom. The second-order valence-corrected chi connectivity index (χ2v) is 16.6. The van der Waals surface area contributed by atoms with Gasteiger partial charge in [0.1, 0.15) is 0 Å². The topological polar surface area (TPSA) is 8.17 Å². The minimum atomic E-state index is 1.08. The van der Waals surface area contributed by atoms with Gasteiger partial charge in [-0.05, 0) is 133 Å². The summed E-state index contributed by atoms with van der Waals surface area (Å²) in [7, 11) is 0. The maximum absolute atomic E-state index is 2.45. The molecule has 0 aliphatic rings. The van der Waals surface area contributed by atoms with E-state index in [0.29, 0.717) is 0 Å². The normalized spacial score (nSPS) is 11.4. The molecule has 0 aliphatic carbocycles. The van der Waals surface area contributed by atoms with Gasteiger partial charge in [-0.2, -0.15) is 0 Å². The quantitative estimate of drug-likeness (QED) is 0.148. The molecule has 11 aromatic carbocycles. The molecular weight excluding hydrogens is 773 g/mol. The highest BCUT2D eigenvalue weighted by Crippen LogP contribution is 2.43. The van der Waals surface area contributed by atoms with Crippen molar-refractivity contribution >= 4 is 60.4 Å². The van der Waals surface area contributed by atoms with Crippen LogP contribution in [0.1, 0.15) is 0 Å². The molecule has 0 radical (unpaired) electrons. The molecule has 0 unspecified atom stereocenters. The lowest BCUT2D eigenvalue weighted by molar-refractivity contribution is 1.18. The van der Waals surface area contributed by atoms with Crippen molar-refractivity contribution in [3.05, 3.63) is 255 Å². The van der Waals surface area contributed by atoms with Gasteiger partial charge in [0.25, 0.3) is 0 Å².